The summed E-state index contributed by atoms with van der Waals surface area (Å²) in [7, 11) is 0. The van der Waals surface area contributed by atoms with E-state index in [9.17, 15) is 9.59 Å². The van der Waals surface area contributed by atoms with Crippen molar-refractivity contribution in [2.75, 3.05) is 6.61 Å². The van der Waals surface area contributed by atoms with E-state index in [-0.39, 0.29) is 39.3 Å². The van der Waals surface area contributed by atoms with Crippen LogP contribution in [0, 0.1) is 21.7 Å². The van der Waals surface area contributed by atoms with Gasteiger partial charge in [0.25, 0.3) is 0 Å². The summed E-state index contributed by atoms with van der Waals surface area (Å²) in [5, 5.41) is 0. The summed E-state index contributed by atoms with van der Waals surface area (Å²) < 4.78 is 52.7. The second-order valence-corrected chi connectivity index (χ2v) is 19.0. The molecule has 4 bridgehead atoms. The van der Waals surface area contributed by atoms with Crippen LogP contribution in [-0.4, -0.2) is 78.3 Å². The summed E-state index contributed by atoms with van der Waals surface area (Å²) >= 11 is 0. The first-order valence-corrected chi connectivity index (χ1v) is 21.6. The minimum absolute atomic E-state index is 0.0474. The molecule has 3 saturated carbocycles. The predicted octanol–water partition coefficient (Wildman–Crippen LogP) is 7.39. The molecule has 2 aliphatic heterocycles. The quantitative estimate of drug-likeness (QED) is 0.0806. The van der Waals surface area contributed by atoms with Gasteiger partial charge in [0.15, 0.2) is 12.2 Å². The van der Waals surface area contributed by atoms with Crippen molar-refractivity contribution in [2.45, 2.75) is 135 Å². The highest BCUT2D eigenvalue weighted by atomic mass is 16.7. The molecule has 12 nitrogen and oxygen atoms in total. The van der Waals surface area contributed by atoms with Gasteiger partial charge in [-0.25, -0.2) is 9.59 Å². The fourth-order valence-corrected chi connectivity index (χ4v) is 10.5. The minimum Gasteiger partial charge on any atom is -0.452 e. The molecule has 0 amide bonds. The number of carbonyl (C=O) groups excluding carboxylic acids is 4. The first kappa shape index (κ1) is 43.8. The van der Waals surface area contributed by atoms with Gasteiger partial charge >= 0.3 is 23.9 Å². The maximum atomic E-state index is 15.2. The lowest BCUT2D eigenvalue weighted by Crippen LogP contribution is -2.69. The highest BCUT2D eigenvalue weighted by molar-refractivity contribution is 5.95. The van der Waals surface area contributed by atoms with Crippen LogP contribution >= 0.6 is 0 Å². The lowest BCUT2D eigenvalue weighted by Gasteiger charge is -2.50. The van der Waals surface area contributed by atoms with Gasteiger partial charge in [0.2, 0.25) is 11.2 Å². The molecule has 0 spiro atoms. The number of rotatable bonds is 16. The van der Waals surface area contributed by atoms with Crippen LogP contribution in [0.1, 0.15) is 83.9 Å². The summed E-state index contributed by atoms with van der Waals surface area (Å²) in [5.41, 5.74) is -4.61. The zero-order chi connectivity index (χ0) is 44.1. The molecule has 2 saturated heterocycles. The van der Waals surface area contributed by atoms with E-state index in [1.807, 2.05) is 133 Å². The molecule has 10 atom stereocenters. The molecule has 3 aliphatic carbocycles. The summed E-state index contributed by atoms with van der Waals surface area (Å²) in [6.45, 7) is 15.2. The Morgan fingerprint density at radius 2 is 0.855 bits per heavy atom. The van der Waals surface area contributed by atoms with Crippen LogP contribution in [0.4, 0.5) is 0 Å². The van der Waals surface area contributed by atoms with E-state index in [1.165, 1.54) is 0 Å². The lowest BCUT2D eigenvalue weighted by atomic mass is 9.66. The number of hydrogen-bond donors (Lipinski definition) is 0. The van der Waals surface area contributed by atoms with Crippen LogP contribution < -0.4 is 0 Å². The van der Waals surface area contributed by atoms with Gasteiger partial charge in [0.1, 0.15) is 24.4 Å². The molecule has 0 radical (unpaired) electrons. The van der Waals surface area contributed by atoms with Crippen molar-refractivity contribution in [3.05, 3.63) is 120 Å². The average Bonchev–Trinajstić information content (AvgIpc) is 3.73. The molecule has 330 valence electrons. The van der Waals surface area contributed by atoms with E-state index in [0.717, 1.165) is 16.7 Å². The van der Waals surface area contributed by atoms with Gasteiger partial charge in [-0.1, -0.05) is 125 Å². The molecule has 12 heteroatoms. The Balaban J connectivity index is 1.27. The van der Waals surface area contributed by atoms with E-state index in [2.05, 4.69) is 6.58 Å². The van der Waals surface area contributed by atoms with Crippen molar-refractivity contribution in [2.24, 2.45) is 21.7 Å². The van der Waals surface area contributed by atoms with Crippen molar-refractivity contribution in [3.63, 3.8) is 0 Å². The van der Waals surface area contributed by atoms with E-state index in [0.29, 0.717) is 12.8 Å². The second kappa shape index (κ2) is 16.3. The monoisotopic (exact) mass is 850 g/mol. The molecule has 5 aliphatic rings. The van der Waals surface area contributed by atoms with Crippen LogP contribution in [0.2, 0.25) is 0 Å². The standard InChI is InChI=1S/C50H58O12/c1-8-28-55-35-36(56-29-32-18-12-9-13-19-32)38(58-31-34-22-16-11-17-23-34)40(60-44(54)50-27-25-48(7,42(52)62-50)46(50,4)5)39(37(35)57-30-33-20-14-10-15-21-33)59-43(53)49-26-24-47(6,41(51)61-49)45(49,2)3/h8-23,35-40H,1,24-31H2,2-7H3/t35-,36+,37+,38+,39-,40-,47+,48+,49-,50-/m1/s1. The third-order valence-corrected chi connectivity index (χ3v) is 15.5. The Labute approximate surface area is 363 Å². The van der Waals surface area contributed by atoms with Crippen molar-refractivity contribution in [1.82, 2.24) is 0 Å². The largest absolute Gasteiger partial charge is 0.452 e. The van der Waals surface area contributed by atoms with Crippen molar-refractivity contribution < 1.29 is 57.1 Å². The molecule has 5 fully saturated rings. The Bertz CT molecular complexity index is 2160. The Hall–Kier alpha value is -4.88. The first-order chi connectivity index (χ1) is 29.5. The number of carbonyl (C=O) groups is 4. The van der Waals surface area contributed by atoms with Crippen LogP contribution in [-0.2, 0) is 76.9 Å². The van der Waals surface area contributed by atoms with Gasteiger partial charge in [-0.05, 0) is 56.2 Å². The zero-order valence-electron chi connectivity index (χ0n) is 36.5. The number of hydrogen-bond acceptors (Lipinski definition) is 12. The summed E-state index contributed by atoms with van der Waals surface area (Å²) in [4.78, 5) is 57.3. The van der Waals surface area contributed by atoms with Crippen LogP contribution in [0.3, 0.4) is 0 Å². The Morgan fingerprint density at radius 3 is 1.15 bits per heavy atom. The molecule has 2 heterocycles. The topological polar surface area (TPSA) is 142 Å². The van der Waals surface area contributed by atoms with E-state index < -0.39 is 93.4 Å². The highest BCUT2D eigenvalue weighted by Crippen LogP contribution is 2.67. The minimum atomic E-state index is -1.65. The lowest BCUT2D eigenvalue weighted by molar-refractivity contribution is -0.284. The molecule has 8 rings (SSSR count). The van der Waals surface area contributed by atoms with E-state index >= 15 is 9.59 Å². The zero-order valence-corrected chi connectivity index (χ0v) is 36.5. The molecule has 3 aromatic rings. The summed E-state index contributed by atoms with van der Waals surface area (Å²) in [6.07, 6.45) is -4.32. The number of benzene rings is 3. The maximum Gasteiger partial charge on any atom is 0.351 e. The molecule has 3 aromatic carbocycles. The molecular formula is C50H58O12. The normalized spacial score (nSPS) is 34.9. The van der Waals surface area contributed by atoms with Crippen molar-refractivity contribution >= 4 is 23.9 Å². The van der Waals surface area contributed by atoms with Gasteiger partial charge in [-0.2, -0.15) is 0 Å². The van der Waals surface area contributed by atoms with E-state index in [4.69, 9.17) is 37.9 Å². The Morgan fingerprint density at radius 1 is 0.532 bits per heavy atom. The van der Waals surface area contributed by atoms with Crippen LogP contribution in [0.25, 0.3) is 0 Å². The molecule has 0 N–H and O–H groups in total. The fourth-order valence-electron chi connectivity index (χ4n) is 10.5. The molecule has 62 heavy (non-hydrogen) atoms. The smallest absolute Gasteiger partial charge is 0.351 e. The number of esters is 4. The Kier molecular flexibility index (Phi) is 11.5. The number of fused-ring (bicyclic) bond motifs is 4. The number of ether oxygens (including phenoxy) is 8. The molecule has 0 aromatic heterocycles. The third-order valence-electron chi connectivity index (χ3n) is 15.5. The third kappa shape index (κ3) is 6.80. The van der Waals surface area contributed by atoms with Gasteiger partial charge in [0, 0.05) is 10.8 Å². The summed E-state index contributed by atoms with van der Waals surface area (Å²) in [5.74, 6) is -2.56. The van der Waals surface area contributed by atoms with Crippen molar-refractivity contribution in [1.29, 1.82) is 0 Å². The van der Waals surface area contributed by atoms with Gasteiger partial charge in [-0.3, -0.25) is 9.59 Å². The fraction of sp³-hybridized carbons (Fsp3) is 0.520. The van der Waals surface area contributed by atoms with Crippen molar-refractivity contribution in [3.8, 4) is 0 Å². The van der Waals surface area contributed by atoms with Gasteiger partial charge in [-0.15, -0.1) is 6.58 Å². The van der Waals surface area contributed by atoms with E-state index in [1.54, 1.807) is 6.08 Å². The summed E-state index contributed by atoms with van der Waals surface area (Å²) in [6, 6.07) is 28.6. The van der Waals surface area contributed by atoms with Gasteiger partial charge in [0.05, 0.1) is 37.3 Å². The average molecular weight is 851 g/mol. The molecular weight excluding hydrogens is 793 g/mol. The van der Waals surface area contributed by atoms with Gasteiger partial charge < -0.3 is 37.9 Å². The predicted molar refractivity (Wildman–Crippen MR) is 225 cm³/mol. The highest BCUT2D eigenvalue weighted by Gasteiger charge is 2.78. The van der Waals surface area contributed by atoms with Crippen LogP contribution in [0.5, 0.6) is 0 Å². The maximum absolute atomic E-state index is 15.2. The second-order valence-electron chi connectivity index (χ2n) is 19.0. The SMILES string of the molecule is C=CCO[C@@H]1[C@H](OCc2ccccc2)[C@H](OCc2ccccc2)[C@@H](OC(=O)[C@@]23CC[C@@](C)(C(=O)O2)C3(C)C)[C@H](OC(=O)[C@@]23CC[C@@](C)(C(=O)O2)C3(C)C)[C@H]1OCc1ccccc1. The molecule has 0 unspecified atom stereocenters. The van der Waals surface area contributed by atoms with Crippen LogP contribution in [0.15, 0.2) is 104 Å². The first-order valence-electron chi connectivity index (χ1n) is 21.6.